The molecular weight excluding hydrogens is 286 g/mol. The lowest BCUT2D eigenvalue weighted by Crippen LogP contribution is -2.28. The van der Waals surface area contributed by atoms with Crippen LogP contribution in [-0.2, 0) is 0 Å². The Morgan fingerprint density at radius 1 is 1.53 bits per heavy atom. The highest BCUT2D eigenvalue weighted by atomic mass is 35.5. The third-order valence-corrected chi connectivity index (χ3v) is 3.75. The van der Waals surface area contributed by atoms with E-state index in [1.807, 2.05) is 0 Å². The number of hydrogen-bond donors (Lipinski definition) is 2. The predicted octanol–water partition coefficient (Wildman–Crippen LogP) is 1.96. The number of rotatable bonds is 4. The molecule has 0 fully saturated rings. The van der Waals surface area contributed by atoms with Crippen molar-refractivity contribution in [2.75, 3.05) is 6.54 Å². The highest BCUT2D eigenvalue weighted by Gasteiger charge is 2.13. The van der Waals surface area contributed by atoms with E-state index in [1.165, 1.54) is 17.7 Å². The monoisotopic (exact) mass is 297 g/mol. The van der Waals surface area contributed by atoms with Gasteiger partial charge in [-0.3, -0.25) is 4.79 Å². The average Bonchev–Trinajstić information content (AvgIpc) is 2.82. The van der Waals surface area contributed by atoms with Crippen molar-refractivity contribution in [3.63, 3.8) is 0 Å². The molecule has 19 heavy (non-hydrogen) atoms. The lowest BCUT2D eigenvalue weighted by atomic mass is 10.2. The summed E-state index contributed by atoms with van der Waals surface area (Å²) in [4.78, 5) is 20.3. The van der Waals surface area contributed by atoms with Crippen molar-refractivity contribution < 1.29 is 9.90 Å². The first-order chi connectivity index (χ1) is 9.06. The zero-order valence-electron chi connectivity index (χ0n) is 10.1. The van der Waals surface area contributed by atoms with Crippen molar-refractivity contribution in [2.24, 2.45) is 0 Å². The molecule has 2 N–H and O–H groups in total. The van der Waals surface area contributed by atoms with Gasteiger partial charge in [0, 0.05) is 17.1 Å². The summed E-state index contributed by atoms with van der Waals surface area (Å²) in [6.45, 7) is 1.89. The van der Waals surface area contributed by atoms with Crippen LogP contribution in [0.4, 0.5) is 0 Å². The standard InChI is InChI=1S/C12H12ClN3O2S/c1-7-4-8(16-6-15-7)12(18)14-5-9(17)10-2-3-11(13)19-10/h2-4,6,9,17H,5H2,1H3,(H,14,18). The molecule has 2 heterocycles. The number of aliphatic hydroxyl groups is 1. The molecule has 0 bridgehead atoms. The molecule has 0 aromatic carbocycles. The second-order valence-corrected chi connectivity index (χ2v) is 5.66. The molecule has 0 radical (unpaired) electrons. The minimum atomic E-state index is -0.774. The Balaban J connectivity index is 1.93. The lowest BCUT2D eigenvalue weighted by Gasteiger charge is -2.09. The smallest absolute Gasteiger partial charge is 0.270 e. The zero-order valence-corrected chi connectivity index (χ0v) is 11.7. The van der Waals surface area contributed by atoms with Crippen LogP contribution in [-0.4, -0.2) is 27.5 Å². The first kappa shape index (κ1) is 13.9. The average molecular weight is 298 g/mol. The van der Waals surface area contributed by atoms with Gasteiger partial charge in [-0.25, -0.2) is 9.97 Å². The van der Waals surface area contributed by atoms with E-state index >= 15 is 0 Å². The molecule has 2 rings (SSSR count). The van der Waals surface area contributed by atoms with Crippen molar-refractivity contribution in [1.29, 1.82) is 0 Å². The third-order valence-electron chi connectivity index (χ3n) is 2.41. The highest BCUT2D eigenvalue weighted by molar-refractivity contribution is 7.16. The van der Waals surface area contributed by atoms with Crippen LogP contribution in [0.25, 0.3) is 0 Å². The lowest BCUT2D eigenvalue weighted by molar-refractivity contribution is 0.0913. The first-order valence-electron chi connectivity index (χ1n) is 5.56. The number of nitrogens with zero attached hydrogens (tertiary/aromatic N) is 2. The van der Waals surface area contributed by atoms with Gasteiger partial charge >= 0.3 is 0 Å². The van der Waals surface area contributed by atoms with Crippen molar-refractivity contribution in [1.82, 2.24) is 15.3 Å². The SMILES string of the molecule is Cc1cc(C(=O)NCC(O)c2ccc(Cl)s2)ncn1. The fourth-order valence-corrected chi connectivity index (χ4v) is 2.51. The molecule has 1 unspecified atom stereocenters. The molecule has 100 valence electrons. The van der Waals surface area contributed by atoms with Gasteiger partial charge in [0.2, 0.25) is 0 Å². The van der Waals surface area contributed by atoms with Crippen LogP contribution < -0.4 is 5.32 Å². The van der Waals surface area contributed by atoms with Gasteiger partial charge < -0.3 is 10.4 Å². The topological polar surface area (TPSA) is 75.1 Å². The molecule has 2 aromatic heterocycles. The largest absolute Gasteiger partial charge is 0.386 e. The van der Waals surface area contributed by atoms with Gasteiger partial charge in [-0.2, -0.15) is 0 Å². The molecule has 0 aliphatic carbocycles. The Bertz CT molecular complexity index is 588. The number of hydrogen-bond acceptors (Lipinski definition) is 5. The number of aliphatic hydroxyl groups excluding tert-OH is 1. The Kier molecular flexibility index (Phi) is 4.47. The number of nitrogens with one attached hydrogen (secondary N) is 1. The molecule has 1 amide bonds. The summed E-state index contributed by atoms with van der Waals surface area (Å²) in [6.07, 6.45) is 0.559. The van der Waals surface area contributed by atoms with E-state index in [2.05, 4.69) is 15.3 Å². The summed E-state index contributed by atoms with van der Waals surface area (Å²) in [7, 11) is 0. The third kappa shape index (κ3) is 3.73. The van der Waals surface area contributed by atoms with Crippen LogP contribution in [0.3, 0.4) is 0 Å². The normalized spacial score (nSPS) is 12.2. The fourth-order valence-electron chi connectivity index (χ4n) is 1.47. The van der Waals surface area contributed by atoms with E-state index in [1.54, 1.807) is 25.1 Å². The van der Waals surface area contributed by atoms with E-state index in [4.69, 9.17) is 11.6 Å². The fraction of sp³-hybridized carbons (Fsp3) is 0.250. The predicted molar refractivity (Wildman–Crippen MR) is 73.4 cm³/mol. The van der Waals surface area contributed by atoms with E-state index in [0.717, 1.165) is 0 Å². The van der Waals surface area contributed by atoms with Gasteiger partial charge in [0.1, 0.15) is 18.1 Å². The number of amides is 1. The van der Waals surface area contributed by atoms with Crippen LogP contribution in [0, 0.1) is 6.92 Å². The van der Waals surface area contributed by atoms with Crippen LogP contribution in [0.15, 0.2) is 24.5 Å². The Morgan fingerprint density at radius 3 is 2.95 bits per heavy atom. The second-order valence-electron chi connectivity index (χ2n) is 3.91. The maximum absolute atomic E-state index is 11.8. The number of halogens is 1. The van der Waals surface area contributed by atoms with Gasteiger partial charge in [-0.05, 0) is 25.1 Å². The zero-order chi connectivity index (χ0) is 13.8. The summed E-state index contributed by atoms with van der Waals surface area (Å²) in [5, 5.41) is 12.5. The van der Waals surface area contributed by atoms with Crippen molar-refractivity contribution in [2.45, 2.75) is 13.0 Å². The van der Waals surface area contributed by atoms with E-state index in [0.29, 0.717) is 14.9 Å². The number of thiophene rings is 1. The van der Waals surface area contributed by atoms with Crippen LogP contribution in [0.1, 0.15) is 27.2 Å². The minimum Gasteiger partial charge on any atom is -0.386 e. The molecule has 0 spiro atoms. The van der Waals surface area contributed by atoms with Gasteiger partial charge in [-0.15, -0.1) is 11.3 Å². The van der Waals surface area contributed by atoms with Crippen LogP contribution in [0.2, 0.25) is 4.34 Å². The summed E-state index contributed by atoms with van der Waals surface area (Å²) >= 11 is 7.07. The molecule has 7 heteroatoms. The maximum atomic E-state index is 11.8. The highest BCUT2D eigenvalue weighted by Crippen LogP contribution is 2.26. The summed E-state index contributed by atoms with van der Waals surface area (Å²) in [5.41, 5.74) is 0.995. The molecule has 0 saturated carbocycles. The van der Waals surface area contributed by atoms with Gasteiger partial charge in [0.05, 0.1) is 4.34 Å². The van der Waals surface area contributed by atoms with Gasteiger partial charge in [-0.1, -0.05) is 11.6 Å². The van der Waals surface area contributed by atoms with Gasteiger partial charge in [0.15, 0.2) is 0 Å². The molecule has 2 aromatic rings. The minimum absolute atomic E-state index is 0.110. The summed E-state index contributed by atoms with van der Waals surface area (Å²) < 4.78 is 0.604. The quantitative estimate of drug-likeness (QED) is 0.904. The van der Waals surface area contributed by atoms with E-state index in [-0.39, 0.29) is 18.1 Å². The van der Waals surface area contributed by atoms with Gasteiger partial charge in [0.25, 0.3) is 5.91 Å². The first-order valence-corrected chi connectivity index (χ1v) is 6.76. The summed E-state index contributed by atoms with van der Waals surface area (Å²) in [6, 6.07) is 5.03. The van der Waals surface area contributed by atoms with Crippen molar-refractivity contribution in [3.05, 3.63) is 45.1 Å². The number of carbonyl (C=O) groups excluding carboxylic acids is 1. The maximum Gasteiger partial charge on any atom is 0.270 e. The summed E-state index contributed by atoms with van der Waals surface area (Å²) in [5.74, 6) is -0.341. The molecule has 0 saturated heterocycles. The molecule has 0 aliphatic rings. The van der Waals surface area contributed by atoms with Crippen LogP contribution in [0.5, 0.6) is 0 Å². The number of carbonyl (C=O) groups is 1. The molecular formula is C12H12ClN3O2S. The Labute approximate surface area is 119 Å². The molecule has 0 aliphatic heterocycles. The number of aryl methyl sites for hydroxylation is 1. The second kappa shape index (κ2) is 6.10. The Hall–Kier alpha value is -1.50. The van der Waals surface area contributed by atoms with E-state index < -0.39 is 6.10 Å². The van der Waals surface area contributed by atoms with Crippen LogP contribution >= 0.6 is 22.9 Å². The van der Waals surface area contributed by atoms with Crippen molar-refractivity contribution >= 4 is 28.8 Å². The Morgan fingerprint density at radius 2 is 2.32 bits per heavy atom. The molecule has 5 nitrogen and oxygen atoms in total. The number of aromatic nitrogens is 2. The van der Waals surface area contributed by atoms with Crippen molar-refractivity contribution in [3.8, 4) is 0 Å². The van der Waals surface area contributed by atoms with E-state index in [9.17, 15) is 9.90 Å². The molecule has 1 atom stereocenters.